The van der Waals surface area contributed by atoms with Crippen LogP contribution in [0.25, 0.3) is 0 Å². The van der Waals surface area contributed by atoms with Gasteiger partial charge in [-0.15, -0.1) is 0 Å². The zero-order chi connectivity index (χ0) is 11.7. The average Bonchev–Trinajstić information content (AvgIpc) is 2.67. The quantitative estimate of drug-likeness (QED) is 0.611. The van der Waals surface area contributed by atoms with E-state index < -0.39 is 6.10 Å². The third kappa shape index (κ3) is 2.69. The molecule has 2 rings (SSSR count). The molecule has 1 unspecified atom stereocenters. The molecule has 1 aromatic carbocycles. The van der Waals surface area contributed by atoms with Crippen molar-refractivity contribution in [3.05, 3.63) is 52.6 Å². The number of benzene rings is 1. The van der Waals surface area contributed by atoms with Crippen LogP contribution in [0.5, 0.6) is 0 Å². The van der Waals surface area contributed by atoms with E-state index in [1.54, 1.807) is 11.3 Å². The SMILES string of the molecule is OC(c1cscc1Br)c1cc(Br)ccc1I. The van der Waals surface area contributed by atoms with E-state index in [2.05, 4.69) is 54.5 Å². The molecule has 0 saturated heterocycles. The normalized spacial score (nSPS) is 12.8. The Hall–Kier alpha value is 0.570. The summed E-state index contributed by atoms with van der Waals surface area (Å²) >= 11 is 10.7. The Labute approximate surface area is 128 Å². The van der Waals surface area contributed by atoms with Gasteiger partial charge in [0.05, 0.1) is 0 Å². The van der Waals surface area contributed by atoms with Gasteiger partial charge in [0.2, 0.25) is 0 Å². The van der Waals surface area contributed by atoms with E-state index in [0.717, 1.165) is 23.6 Å². The molecule has 0 spiro atoms. The van der Waals surface area contributed by atoms with Crippen molar-refractivity contribution >= 4 is 65.8 Å². The average molecular weight is 474 g/mol. The van der Waals surface area contributed by atoms with E-state index in [1.165, 1.54) is 0 Å². The standard InChI is InChI=1S/C11H7Br2IOS/c12-6-1-2-10(14)7(3-6)11(15)8-4-16-5-9(8)13/h1-5,11,15H. The fourth-order valence-corrected chi connectivity index (χ4v) is 3.92. The summed E-state index contributed by atoms with van der Waals surface area (Å²) < 4.78 is 3.00. The van der Waals surface area contributed by atoms with Crippen LogP contribution in [0.2, 0.25) is 0 Å². The van der Waals surface area contributed by atoms with Crippen molar-refractivity contribution in [2.75, 3.05) is 0 Å². The second kappa shape index (κ2) is 5.48. The lowest BCUT2D eigenvalue weighted by Crippen LogP contribution is -2.01. The van der Waals surface area contributed by atoms with E-state index in [0.29, 0.717) is 0 Å². The van der Waals surface area contributed by atoms with Gasteiger partial charge in [-0.1, -0.05) is 15.9 Å². The Morgan fingerprint density at radius 3 is 2.56 bits per heavy atom. The first-order valence-corrected chi connectivity index (χ1v) is 8.05. The molecular weight excluding hydrogens is 467 g/mol. The summed E-state index contributed by atoms with van der Waals surface area (Å²) in [5.41, 5.74) is 1.84. The minimum atomic E-state index is -0.579. The van der Waals surface area contributed by atoms with Crippen LogP contribution in [0.15, 0.2) is 37.9 Å². The molecule has 0 bridgehead atoms. The maximum atomic E-state index is 10.3. The molecule has 1 N–H and O–H groups in total. The Morgan fingerprint density at radius 2 is 1.94 bits per heavy atom. The topological polar surface area (TPSA) is 20.2 Å². The molecule has 1 aromatic heterocycles. The maximum Gasteiger partial charge on any atom is 0.107 e. The molecule has 0 radical (unpaired) electrons. The first kappa shape index (κ1) is 13.0. The largest absolute Gasteiger partial charge is 0.384 e. The minimum absolute atomic E-state index is 0.579. The highest BCUT2D eigenvalue weighted by molar-refractivity contribution is 14.1. The smallest absolute Gasteiger partial charge is 0.107 e. The molecular formula is C11H7Br2IOS. The Kier molecular flexibility index (Phi) is 4.45. The van der Waals surface area contributed by atoms with Gasteiger partial charge in [-0.2, -0.15) is 11.3 Å². The molecule has 2 aromatic rings. The second-order valence-corrected chi connectivity index (χ2v) is 6.92. The maximum absolute atomic E-state index is 10.3. The van der Waals surface area contributed by atoms with Gasteiger partial charge in [-0.3, -0.25) is 0 Å². The molecule has 16 heavy (non-hydrogen) atoms. The van der Waals surface area contributed by atoms with Crippen molar-refractivity contribution < 1.29 is 5.11 Å². The van der Waals surface area contributed by atoms with Crippen molar-refractivity contribution in [1.29, 1.82) is 0 Å². The van der Waals surface area contributed by atoms with Crippen molar-refractivity contribution in [2.24, 2.45) is 0 Å². The lowest BCUT2D eigenvalue weighted by Gasteiger charge is -2.13. The van der Waals surface area contributed by atoms with E-state index in [-0.39, 0.29) is 0 Å². The van der Waals surface area contributed by atoms with Crippen LogP contribution < -0.4 is 0 Å². The summed E-state index contributed by atoms with van der Waals surface area (Å²) in [5, 5.41) is 14.3. The molecule has 0 aliphatic carbocycles. The number of hydrogen-bond acceptors (Lipinski definition) is 2. The lowest BCUT2D eigenvalue weighted by molar-refractivity contribution is 0.219. The predicted octanol–water partition coefficient (Wildman–Crippen LogP) is 4.96. The fourth-order valence-electron chi connectivity index (χ4n) is 1.38. The van der Waals surface area contributed by atoms with Crippen molar-refractivity contribution in [2.45, 2.75) is 6.10 Å². The molecule has 0 amide bonds. The molecule has 1 heterocycles. The summed E-state index contributed by atoms with van der Waals surface area (Å²) in [6.45, 7) is 0. The Morgan fingerprint density at radius 1 is 1.19 bits per heavy atom. The highest BCUT2D eigenvalue weighted by Crippen LogP contribution is 2.34. The number of rotatable bonds is 2. The van der Waals surface area contributed by atoms with E-state index in [1.807, 2.05) is 29.0 Å². The number of halogens is 3. The van der Waals surface area contributed by atoms with Gasteiger partial charge in [0.1, 0.15) is 6.10 Å². The van der Waals surface area contributed by atoms with E-state index in [9.17, 15) is 5.11 Å². The minimum Gasteiger partial charge on any atom is -0.384 e. The van der Waals surface area contributed by atoms with Crippen molar-refractivity contribution in [1.82, 2.24) is 0 Å². The summed E-state index contributed by atoms with van der Waals surface area (Å²) in [6.07, 6.45) is -0.579. The number of aliphatic hydroxyl groups excluding tert-OH is 1. The van der Waals surface area contributed by atoms with Gasteiger partial charge < -0.3 is 5.11 Å². The van der Waals surface area contributed by atoms with E-state index in [4.69, 9.17) is 0 Å². The monoisotopic (exact) mass is 472 g/mol. The second-order valence-electron chi connectivity index (χ2n) is 3.24. The van der Waals surface area contributed by atoms with Gasteiger partial charge in [-0.05, 0) is 67.7 Å². The van der Waals surface area contributed by atoms with Crippen molar-refractivity contribution in [3.8, 4) is 0 Å². The lowest BCUT2D eigenvalue weighted by atomic mass is 10.0. The van der Waals surface area contributed by atoms with Crippen LogP contribution in [0.1, 0.15) is 17.2 Å². The first-order valence-electron chi connectivity index (χ1n) is 4.44. The molecule has 0 fully saturated rings. The molecule has 0 aliphatic heterocycles. The Bertz CT molecular complexity index is 512. The van der Waals surface area contributed by atoms with Gasteiger partial charge >= 0.3 is 0 Å². The van der Waals surface area contributed by atoms with Crippen LogP contribution in [0.3, 0.4) is 0 Å². The number of thiophene rings is 1. The van der Waals surface area contributed by atoms with Crippen LogP contribution >= 0.6 is 65.8 Å². The van der Waals surface area contributed by atoms with Gasteiger partial charge in [0.15, 0.2) is 0 Å². The van der Waals surface area contributed by atoms with Crippen LogP contribution in [-0.4, -0.2) is 5.11 Å². The zero-order valence-corrected chi connectivity index (χ0v) is 14.1. The summed E-state index contributed by atoms with van der Waals surface area (Å²) in [6, 6.07) is 5.92. The van der Waals surface area contributed by atoms with Gasteiger partial charge in [0.25, 0.3) is 0 Å². The molecule has 1 nitrogen and oxygen atoms in total. The molecule has 0 saturated carbocycles. The summed E-state index contributed by atoms with van der Waals surface area (Å²) in [7, 11) is 0. The van der Waals surface area contributed by atoms with Crippen LogP contribution in [0.4, 0.5) is 0 Å². The number of aliphatic hydroxyl groups is 1. The third-order valence-electron chi connectivity index (χ3n) is 2.19. The summed E-state index contributed by atoms with van der Waals surface area (Å²) in [5.74, 6) is 0. The van der Waals surface area contributed by atoms with Gasteiger partial charge in [-0.25, -0.2) is 0 Å². The molecule has 1 atom stereocenters. The first-order chi connectivity index (χ1) is 7.59. The highest BCUT2D eigenvalue weighted by atomic mass is 127. The van der Waals surface area contributed by atoms with Crippen molar-refractivity contribution in [3.63, 3.8) is 0 Å². The van der Waals surface area contributed by atoms with E-state index >= 15 is 0 Å². The third-order valence-corrected chi connectivity index (χ3v) is 5.42. The highest BCUT2D eigenvalue weighted by Gasteiger charge is 2.17. The molecule has 5 heteroatoms. The van der Waals surface area contributed by atoms with Gasteiger partial charge in [0, 0.05) is 23.5 Å². The Balaban J connectivity index is 2.45. The van der Waals surface area contributed by atoms with Crippen LogP contribution in [-0.2, 0) is 0 Å². The molecule has 84 valence electrons. The predicted molar refractivity (Wildman–Crippen MR) is 82.9 cm³/mol. The number of hydrogen-bond donors (Lipinski definition) is 1. The fraction of sp³-hybridized carbons (Fsp3) is 0.0909. The molecule has 0 aliphatic rings. The zero-order valence-electron chi connectivity index (χ0n) is 7.95. The summed E-state index contributed by atoms with van der Waals surface area (Å²) in [4.78, 5) is 0. The van der Waals surface area contributed by atoms with Crippen LogP contribution in [0, 0.1) is 3.57 Å².